The number of thioether (sulfide) groups is 1. The van der Waals surface area contributed by atoms with Gasteiger partial charge in [-0.15, -0.1) is 11.8 Å². The minimum atomic E-state index is -0.306. The van der Waals surface area contributed by atoms with Gasteiger partial charge in [0.15, 0.2) is 5.78 Å². The van der Waals surface area contributed by atoms with Gasteiger partial charge in [-0.3, -0.25) is 9.59 Å². The number of halogens is 1. The summed E-state index contributed by atoms with van der Waals surface area (Å²) in [6, 6.07) is 22.3. The quantitative estimate of drug-likeness (QED) is 0.477. The van der Waals surface area contributed by atoms with Crippen LogP contribution < -0.4 is 5.32 Å². The van der Waals surface area contributed by atoms with E-state index in [1.165, 1.54) is 23.9 Å². The first-order chi connectivity index (χ1) is 13.1. The number of nitrogens with one attached hydrogen (secondary N) is 1. The van der Waals surface area contributed by atoms with Crippen LogP contribution in [0.1, 0.15) is 26.3 Å². The van der Waals surface area contributed by atoms with Crippen LogP contribution in [0.25, 0.3) is 0 Å². The Morgan fingerprint density at radius 1 is 0.852 bits per heavy atom. The molecule has 0 saturated heterocycles. The van der Waals surface area contributed by atoms with Gasteiger partial charge in [0.25, 0.3) is 5.91 Å². The Kier molecular flexibility index (Phi) is 6.39. The number of amides is 1. The molecule has 0 fully saturated rings. The Hall–Kier alpha value is -2.92. The van der Waals surface area contributed by atoms with E-state index >= 15 is 0 Å². The fourth-order valence-corrected chi connectivity index (χ4v) is 3.32. The second kappa shape index (κ2) is 9.14. The lowest BCUT2D eigenvalue weighted by molar-refractivity contribution is 0.0950. The van der Waals surface area contributed by atoms with Crippen LogP contribution in [-0.4, -0.2) is 17.4 Å². The van der Waals surface area contributed by atoms with Crippen LogP contribution in [0.5, 0.6) is 0 Å². The van der Waals surface area contributed by atoms with Crippen molar-refractivity contribution in [2.75, 3.05) is 5.75 Å². The average Bonchev–Trinajstić information content (AvgIpc) is 2.72. The summed E-state index contributed by atoms with van der Waals surface area (Å²) < 4.78 is 12.9. The monoisotopic (exact) mass is 379 g/mol. The van der Waals surface area contributed by atoms with E-state index in [4.69, 9.17) is 0 Å². The van der Waals surface area contributed by atoms with Gasteiger partial charge in [0, 0.05) is 22.6 Å². The van der Waals surface area contributed by atoms with Gasteiger partial charge in [0.1, 0.15) is 5.82 Å². The fraction of sp³-hybridized carbons (Fsp3) is 0.0909. The highest BCUT2D eigenvalue weighted by atomic mass is 32.2. The molecule has 3 aromatic carbocycles. The predicted molar refractivity (Wildman–Crippen MR) is 106 cm³/mol. The van der Waals surface area contributed by atoms with Gasteiger partial charge in [-0.05, 0) is 35.9 Å². The molecule has 0 aromatic heterocycles. The fourth-order valence-electron chi connectivity index (χ4n) is 2.47. The Balaban J connectivity index is 1.57. The number of hydrogen-bond acceptors (Lipinski definition) is 3. The van der Waals surface area contributed by atoms with Crippen molar-refractivity contribution in [1.29, 1.82) is 0 Å². The van der Waals surface area contributed by atoms with E-state index in [9.17, 15) is 14.0 Å². The highest BCUT2D eigenvalue weighted by molar-refractivity contribution is 8.00. The molecular weight excluding hydrogens is 361 g/mol. The van der Waals surface area contributed by atoms with Crippen molar-refractivity contribution in [3.8, 4) is 0 Å². The standard InChI is InChI=1S/C22H18FNO2S/c23-19-11-9-16(10-12-19)14-24-22(26)18-7-4-8-20(13-18)27-15-21(25)17-5-2-1-3-6-17/h1-13H,14-15H2,(H,24,26). The summed E-state index contributed by atoms with van der Waals surface area (Å²) in [4.78, 5) is 25.4. The third kappa shape index (κ3) is 5.53. The molecular formula is C22H18FNO2S. The van der Waals surface area contributed by atoms with Crippen LogP contribution in [0.2, 0.25) is 0 Å². The van der Waals surface area contributed by atoms with Crippen LogP contribution in [-0.2, 0) is 6.54 Å². The number of Topliss-reactive ketones (excluding diaryl/α,β-unsaturated/α-hetero) is 1. The summed E-state index contributed by atoms with van der Waals surface area (Å²) in [5.41, 5.74) is 2.02. The molecule has 136 valence electrons. The van der Waals surface area contributed by atoms with Gasteiger partial charge >= 0.3 is 0 Å². The van der Waals surface area contributed by atoms with E-state index in [1.54, 1.807) is 42.5 Å². The van der Waals surface area contributed by atoms with Crippen LogP contribution >= 0.6 is 11.8 Å². The minimum absolute atomic E-state index is 0.0479. The second-order valence-corrected chi connectivity index (χ2v) is 6.96. The molecule has 3 aromatic rings. The highest BCUT2D eigenvalue weighted by Crippen LogP contribution is 2.20. The molecule has 1 N–H and O–H groups in total. The van der Waals surface area contributed by atoms with E-state index in [-0.39, 0.29) is 17.5 Å². The lowest BCUT2D eigenvalue weighted by Crippen LogP contribution is -2.22. The number of carbonyl (C=O) groups is 2. The molecule has 5 heteroatoms. The van der Waals surface area contributed by atoms with E-state index in [2.05, 4.69) is 5.32 Å². The summed E-state index contributed by atoms with van der Waals surface area (Å²) >= 11 is 1.40. The molecule has 0 aliphatic carbocycles. The maximum absolute atomic E-state index is 12.9. The third-order valence-electron chi connectivity index (χ3n) is 3.93. The van der Waals surface area contributed by atoms with Crippen LogP contribution in [0, 0.1) is 5.82 Å². The normalized spacial score (nSPS) is 10.4. The molecule has 0 atom stereocenters. The van der Waals surface area contributed by atoms with Crippen molar-refractivity contribution >= 4 is 23.5 Å². The van der Waals surface area contributed by atoms with Gasteiger partial charge < -0.3 is 5.32 Å². The SMILES string of the molecule is O=C(CSc1cccc(C(=O)NCc2ccc(F)cc2)c1)c1ccccc1. The van der Waals surface area contributed by atoms with E-state index < -0.39 is 0 Å². The largest absolute Gasteiger partial charge is 0.348 e. The third-order valence-corrected chi connectivity index (χ3v) is 4.92. The van der Waals surface area contributed by atoms with E-state index in [0.29, 0.717) is 23.4 Å². The van der Waals surface area contributed by atoms with Gasteiger partial charge in [-0.1, -0.05) is 48.5 Å². The molecule has 3 rings (SSSR count). The van der Waals surface area contributed by atoms with Gasteiger partial charge in [0.05, 0.1) is 5.75 Å². The topological polar surface area (TPSA) is 46.2 Å². The number of ketones is 1. The summed E-state index contributed by atoms with van der Waals surface area (Å²) in [7, 11) is 0. The maximum atomic E-state index is 12.9. The summed E-state index contributed by atoms with van der Waals surface area (Å²) in [6.07, 6.45) is 0. The molecule has 0 bridgehead atoms. The Morgan fingerprint density at radius 3 is 2.30 bits per heavy atom. The lowest BCUT2D eigenvalue weighted by Gasteiger charge is -2.07. The first-order valence-electron chi connectivity index (χ1n) is 8.45. The summed E-state index contributed by atoms with van der Waals surface area (Å²) in [5, 5.41) is 2.82. The van der Waals surface area contributed by atoms with Crippen molar-refractivity contribution in [3.63, 3.8) is 0 Å². The van der Waals surface area contributed by atoms with Gasteiger partial charge in [-0.2, -0.15) is 0 Å². The average molecular weight is 379 g/mol. The lowest BCUT2D eigenvalue weighted by atomic mass is 10.2. The van der Waals surface area contributed by atoms with E-state index in [1.807, 2.05) is 24.3 Å². The molecule has 0 aliphatic heterocycles. The molecule has 1 amide bonds. The van der Waals surface area contributed by atoms with Crippen molar-refractivity contribution in [3.05, 3.63) is 101 Å². The molecule has 0 saturated carbocycles. The number of rotatable bonds is 7. The Labute approximate surface area is 161 Å². The van der Waals surface area contributed by atoms with E-state index in [0.717, 1.165) is 10.5 Å². The minimum Gasteiger partial charge on any atom is -0.348 e. The molecule has 27 heavy (non-hydrogen) atoms. The molecule has 3 nitrogen and oxygen atoms in total. The zero-order valence-electron chi connectivity index (χ0n) is 14.5. The van der Waals surface area contributed by atoms with Gasteiger partial charge in [-0.25, -0.2) is 4.39 Å². The van der Waals surface area contributed by atoms with Crippen LogP contribution in [0.3, 0.4) is 0 Å². The Morgan fingerprint density at radius 2 is 1.56 bits per heavy atom. The first-order valence-corrected chi connectivity index (χ1v) is 9.44. The zero-order valence-corrected chi connectivity index (χ0v) is 15.3. The molecule has 0 spiro atoms. The molecule has 0 heterocycles. The number of hydrogen-bond donors (Lipinski definition) is 1. The Bertz CT molecular complexity index is 927. The van der Waals surface area contributed by atoms with Crippen molar-refractivity contribution in [2.45, 2.75) is 11.4 Å². The molecule has 0 unspecified atom stereocenters. The maximum Gasteiger partial charge on any atom is 0.251 e. The smallest absolute Gasteiger partial charge is 0.251 e. The molecule has 0 aliphatic rings. The van der Waals surface area contributed by atoms with Crippen molar-refractivity contribution in [1.82, 2.24) is 5.32 Å². The van der Waals surface area contributed by atoms with Crippen molar-refractivity contribution < 1.29 is 14.0 Å². The second-order valence-electron chi connectivity index (χ2n) is 5.91. The number of carbonyl (C=O) groups excluding carboxylic acids is 2. The van der Waals surface area contributed by atoms with Crippen molar-refractivity contribution in [2.24, 2.45) is 0 Å². The summed E-state index contributed by atoms with van der Waals surface area (Å²) in [5.74, 6) is -0.159. The highest BCUT2D eigenvalue weighted by Gasteiger charge is 2.09. The molecule has 0 radical (unpaired) electrons. The predicted octanol–water partition coefficient (Wildman–Crippen LogP) is 4.73. The zero-order chi connectivity index (χ0) is 19.1. The summed E-state index contributed by atoms with van der Waals surface area (Å²) in [6.45, 7) is 0.322. The van der Waals surface area contributed by atoms with Gasteiger partial charge in [0.2, 0.25) is 0 Å². The van der Waals surface area contributed by atoms with Crippen LogP contribution in [0.15, 0.2) is 83.8 Å². The first kappa shape index (κ1) is 18.9. The van der Waals surface area contributed by atoms with Crippen LogP contribution in [0.4, 0.5) is 4.39 Å². The number of benzene rings is 3.